The minimum absolute atomic E-state index is 0.217. The van der Waals surface area contributed by atoms with Crippen molar-refractivity contribution in [1.29, 1.82) is 0 Å². The maximum atomic E-state index is 13.5. The zero-order valence-electron chi connectivity index (χ0n) is 21.1. The van der Waals surface area contributed by atoms with Crippen LogP contribution in [0.4, 0.5) is 10.1 Å². The number of piperazine rings is 1. The van der Waals surface area contributed by atoms with Crippen LogP contribution in [0.2, 0.25) is 0 Å². The van der Waals surface area contributed by atoms with E-state index in [1.807, 2.05) is 30.3 Å². The van der Waals surface area contributed by atoms with Gasteiger partial charge in [-0.3, -0.25) is 19.4 Å². The summed E-state index contributed by atoms with van der Waals surface area (Å²) in [5, 5.41) is 0. The molecule has 0 saturated carbocycles. The number of ether oxygens (including phenoxy) is 2. The van der Waals surface area contributed by atoms with Crippen LogP contribution in [-0.4, -0.2) is 68.6 Å². The number of carbonyl (C=O) groups is 2. The molecule has 3 aromatic carbocycles. The third kappa shape index (κ3) is 5.02. The van der Waals surface area contributed by atoms with Crippen LogP contribution in [0.25, 0.3) is 0 Å². The van der Waals surface area contributed by atoms with Crippen molar-refractivity contribution >= 4 is 17.5 Å². The summed E-state index contributed by atoms with van der Waals surface area (Å²) < 4.78 is 24.3. The van der Waals surface area contributed by atoms with E-state index in [4.69, 9.17) is 9.47 Å². The molecule has 8 heteroatoms. The Labute approximate surface area is 216 Å². The van der Waals surface area contributed by atoms with Gasteiger partial charge in [0.05, 0.1) is 31.0 Å². The molecule has 2 amide bonds. The van der Waals surface area contributed by atoms with Crippen LogP contribution in [-0.2, 0) is 13.0 Å². The summed E-state index contributed by atoms with van der Waals surface area (Å²) in [5.74, 6) is 0.527. The molecule has 2 aliphatic heterocycles. The van der Waals surface area contributed by atoms with Gasteiger partial charge in [0.1, 0.15) is 5.82 Å². The van der Waals surface area contributed by atoms with E-state index in [1.165, 1.54) is 17.0 Å². The van der Waals surface area contributed by atoms with Crippen molar-refractivity contribution in [2.24, 2.45) is 0 Å². The molecule has 0 radical (unpaired) electrons. The quantitative estimate of drug-likeness (QED) is 0.433. The molecule has 2 aliphatic rings. The minimum Gasteiger partial charge on any atom is -0.493 e. The zero-order chi connectivity index (χ0) is 25.9. The van der Waals surface area contributed by atoms with Crippen LogP contribution < -0.4 is 14.4 Å². The SMILES string of the molecule is COc1ccc(CN2CCN(c3cccc4c3C(=O)N(CCc3cccc(F)c3)C4=O)CC2)cc1OC. The summed E-state index contributed by atoms with van der Waals surface area (Å²) in [5.41, 5.74) is 3.60. The lowest BCUT2D eigenvalue weighted by atomic mass is 10.1. The van der Waals surface area contributed by atoms with E-state index < -0.39 is 0 Å². The Balaban J connectivity index is 1.25. The van der Waals surface area contributed by atoms with Gasteiger partial charge in [0.2, 0.25) is 0 Å². The van der Waals surface area contributed by atoms with Crippen molar-refractivity contribution < 1.29 is 23.5 Å². The standard InChI is InChI=1S/C29H30FN3O4/c1-36-25-10-9-21(18-26(25)37-2)19-31-13-15-32(16-14-31)24-8-4-7-23-27(24)29(35)33(28(23)34)12-11-20-5-3-6-22(30)17-20/h3-10,17-18H,11-16,19H2,1-2H3. The van der Waals surface area contributed by atoms with Gasteiger partial charge in [-0.15, -0.1) is 0 Å². The molecule has 5 rings (SSSR count). The molecule has 1 fully saturated rings. The molecule has 3 aromatic rings. The van der Waals surface area contributed by atoms with Crippen LogP contribution in [0.3, 0.4) is 0 Å². The van der Waals surface area contributed by atoms with Gasteiger partial charge < -0.3 is 14.4 Å². The summed E-state index contributed by atoms with van der Waals surface area (Å²) in [6, 6.07) is 17.7. The maximum absolute atomic E-state index is 13.5. The Bertz CT molecular complexity index is 1320. The Morgan fingerprint density at radius 3 is 2.30 bits per heavy atom. The van der Waals surface area contributed by atoms with Crippen LogP contribution in [0, 0.1) is 5.82 Å². The first-order chi connectivity index (χ1) is 18.0. The molecule has 0 aromatic heterocycles. The van der Waals surface area contributed by atoms with E-state index >= 15 is 0 Å². The number of amides is 2. The molecular formula is C29H30FN3O4. The summed E-state index contributed by atoms with van der Waals surface area (Å²) in [4.78, 5) is 32.2. The number of nitrogens with zero attached hydrogens (tertiary/aromatic N) is 3. The second kappa shape index (κ2) is 10.6. The Morgan fingerprint density at radius 1 is 0.811 bits per heavy atom. The molecule has 0 atom stereocenters. The second-order valence-corrected chi connectivity index (χ2v) is 9.29. The van der Waals surface area contributed by atoms with E-state index in [9.17, 15) is 14.0 Å². The average Bonchev–Trinajstić information content (AvgIpc) is 3.17. The van der Waals surface area contributed by atoms with Crippen LogP contribution in [0.5, 0.6) is 11.5 Å². The smallest absolute Gasteiger partial charge is 0.263 e. The first kappa shape index (κ1) is 24.8. The monoisotopic (exact) mass is 503 g/mol. The molecule has 0 N–H and O–H groups in total. The zero-order valence-corrected chi connectivity index (χ0v) is 21.1. The third-order valence-corrected chi connectivity index (χ3v) is 7.06. The highest BCUT2D eigenvalue weighted by Crippen LogP contribution is 2.33. The molecular weight excluding hydrogens is 473 g/mol. The topological polar surface area (TPSA) is 62.3 Å². The third-order valence-electron chi connectivity index (χ3n) is 7.06. The van der Waals surface area contributed by atoms with Crippen molar-refractivity contribution in [2.45, 2.75) is 13.0 Å². The van der Waals surface area contributed by atoms with Crippen LogP contribution in [0.1, 0.15) is 31.8 Å². The van der Waals surface area contributed by atoms with Gasteiger partial charge in [-0.1, -0.05) is 24.3 Å². The van der Waals surface area contributed by atoms with E-state index in [-0.39, 0.29) is 24.2 Å². The predicted octanol–water partition coefficient (Wildman–Crippen LogP) is 4.00. The van der Waals surface area contributed by atoms with Gasteiger partial charge in [0.25, 0.3) is 11.8 Å². The number of anilines is 1. The molecule has 7 nitrogen and oxygen atoms in total. The summed E-state index contributed by atoms with van der Waals surface area (Å²) >= 11 is 0. The summed E-state index contributed by atoms with van der Waals surface area (Å²) in [6.07, 6.45) is 0.410. The maximum Gasteiger partial charge on any atom is 0.263 e. The fraction of sp³-hybridized carbons (Fsp3) is 0.310. The van der Waals surface area contributed by atoms with E-state index in [0.29, 0.717) is 29.0 Å². The number of imide groups is 1. The molecule has 0 bridgehead atoms. The van der Waals surface area contributed by atoms with Crippen LogP contribution in [0.15, 0.2) is 60.7 Å². The predicted molar refractivity (Wildman–Crippen MR) is 139 cm³/mol. The minimum atomic E-state index is -0.326. The molecule has 2 heterocycles. The number of rotatable bonds is 8. The molecule has 0 spiro atoms. The number of methoxy groups -OCH3 is 2. The fourth-order valence-corrected chi connectivity index (χ4v) is 5.10. The Hall–Kier alpha value is -3.91. The van der Waals surface area contributed by atoms with Gasteiger partial charge in [-0.2, -0.15) is 0 Å². The molecule has 0 aliphatic carbocycles. The van der Waals surface area contributed by atoms with E-state index in [2.05, 4.69) is 9.80 Å². The number of hydrogen-bond donors (Lipinski definition) is 0. The number of benzene rings is 3. The Morgan fingerprint density at radius 2 is 1.57 bits per heavy atom. The number of hydrogen-bond acceptors (Lipinski definition) is 6. The van der Waals surface area contributed by atoms with Gasteiger partial charge in [0.15, 0.2) is 11.5 Å². The summed E-state index contributed by atoms with van der Waals surface area (Å²) in [6.45, 7) is 4.14. The van der Waals surface area contributed by atoms with Crippen molar-refractivity contribution in [1.82, 2.24) is 9.80 Å². The van der Waals surface area contributed by atoms with Crippen LogP contribution >= 0.6 is 0 Å². The number of carbonyl (C=O) groups excluding carboxylic acids is 2. The highest BCUT2D eigenvalue weighted by atomic mass is 19.1. The van der Waals surface area contributed by atoms with Crippen molar-refractivity contribution in [2.75, 3.05) is 51.8 Å². The highest BCUT2D eigenvalue weighted by Gasteiger charge is 2.38. The van der Waals surface area contributed by atoms with Gasteiger partial charge in [-0.25, -0.2) is 4.39 Å². The second-order valence-electron chi connectivity index (χ2n) is 9.29. The Kier molecular flexibility index (Phi) is 7.10. The van der Waals surface area contributed by atoms with Gasteiger partial charge in [0, 0.05) is 39.3 Å². The average molecular weight is 504 g/mol. The van der Waals surface area contributed by atoms with Gasteiger partial charge in [-0.05, 0) is 53.9 Å². The first-order valence-electron chi connectivity index (χ1n) is 12.4. The van der Waals surface area contributed by atoms with E-state index in [0.717, 1.165) is 49.5 Å². The number of fused-ring (bicyclic) bond motifs is 1. The fourth-order valence-electron chi connectivity index (χ4n) is 5.10. The lowest BCUT2D eigenvalue weighted by Gasteiger charge is -2.36. The largest absolute Gasteiger partial charge is 0.493 e. The van der Waals surface area contributed by atoms with Crippen molar-refractivity contribution in [3.63, 3.8) is 0 Å². The van der Waals surface area contributed by atoms with Crippen molar-refractivity contribution in [3.05, 3.63) is 88.7 Å². The van der Waals surface area contributed by atoms with E-state index in [1.54, 1.807) is 32.4 Å². The van der Waals surface area contributed by atoms with Gasteiger partial charge >= 0.3 is 0 Å². The molecule has 0 unspecified atom stereocenters. The normalized spacial score (nSPS) is 15.8. The molecule has 37 heavy (non-hydrogen) atoms. The lowest BCUT2D eigenvalue weighted by molar-refractivity contribution is 0.0656. The van der Waals surface area contributed by atoms with Crippen molar-refractivity contribution in [3.8, 4) is 11.5 Å². The highest BCUT2D eigenvalue weighted by molar-refractivity contribution is 6.23. The number of halogens is 1. The first-order valence-corrected chi connectivity index (χ1v) is 12.4. The summed E-state index contributed by atoms with van der Waals surface area (Å²) in [7, 11) is 3.26. The molecule has 1 saturated heterocycles. The molecule has 192 valence electrons. The lowest BCUT2D eigenvalue weighted by Crippen LogP contribution is -2.46.